The van der Waals surface area contributed by atoms with E-state index in [0.29, 0.717) is 48.6 Å². The van der Waals surface area contributed by atoms with E-state index in [1.807, 2.05) is 18.2 Å². The van der Waals surface area contributed by atoms with Crippen molar-refractivity contribution < 1.29 is 37.5 Å². The van der Waals surface area contributed by atoms with Crippen LogP contribution in [0.15, 0.2) is 60.7 Å². The van der Waals surface area contributed by atoms with E-state index in [9.17, 15) is 14.6 Å². The van der Waals surface area contributed by atoms with Gasteiger partial charge in [-0.1, -0.05) is 24.3 Å². The highest BCUT2D eigenvalue weighted by Crippen LogP contribution is 2.61. The second-order valence-electron chi connectivity index (χ2n) is 11.1. The second kappa shape index (κ2) is 14.2. The largest absolute Gasteiger partial charge is 0.528 e. The Morgan fingerprint density at radius 1 is 0.953 bits per heavy atom. The smallest absolute Gasteiger partial charge is 0.490 e. The molecule has 1 fully saturated rings. The number of hydrogen-bond acceptors (Lipinski definition) is 10. The maximum atomic E-state index is 14.0. The van der Waals surface area contributed by atoms with Gasteiger partial charge in [0.15, 0.2) is 0 Å². The van der Waals surface area contributed by atoms with Crippen LogP contribution in [0.1, 0.15) is 64.4 Å². The third kappa shape index (κ3) is 8.94. The molecule has 1 aliphatic rings. The maximum Gasteiger partial charge on any atom is 0.528 e. The van der Waals surface area contributed by atoms with Crippen molar-refractivity contribution in [1.82, 2.24) is 5.06 Å². The molecule has 0 bridgehead atoms. The van der Waals surface area contributed by atoms with Gasteiger partial charge >= 0.3 is 13.8 Å². The minimum Gasteiger partial charge on any atom is -0.490 e. The van der Waals surface area contributed by atoms with Crippen molar-refractivity contribution in [2.75, 3.05) is 26.3 Å². The van der Waals surface area contributed by atoms with Crippen LogP contribution in [0.2, 0.25) is 0 Å². The van der Waals surface area contributed by atoms with Crippen LogP contribution in [0, 0.1) is 11.3 Å². The number of ether oxygens (including phenoxy) is 3. The molecule has 3 aromatic carbocycles. The lowest BCUT2D eigenvalue weighted by Crippen LogP contribution is -2.40. The zero-order valence-corrected chi connectivity index (χ0v) is 26.2. The molecule has 43 heavy (non-hydrogen) atoms. The highest BCUT2D eigenvalue weighted by Gasteiger charge is 2.39. The molecule has 4 rings (SSSR count). The first-order valence-corrected chi connectivity index (χ1v) is 16.0. The molecular weight excluding hydrogens is 571 g/mol. The lowest BCUT2D eigenvalue weighted by atomic mass is 10.1. The molecule has 1 heterocycles. The van der Waals surface area contributed by atoms with Crippen LogP contribution >= 0.6 is 7.60 Å². The van der Waals surface area contributed by atoms with Gasteiger partial charge in [0, 0.05) is 31.5 Å². The zero-order chi connectivity index (χ0) is 31.0. The Kier molecular flexibility index (Phi) is 10.7. The number of benzene rings is 3. The lowest BCUT2D eigenvalue weighted by Gasteiger charge is -2.31. The van der Waals surface area contributed by atoms with Gasteiger partial charge in [-0.25, -0.2) is 4.79 Å². The maximum absolute atomic E-state index is 14.0. The summed E-state index contributed by atoms with van der Waals surface area (Å²) in [6.07, 6.45) is 0.544. The fourth-order valence-electron chi connectivity index (χ4n) is 4.66. The molecule has 0 saturated carbocycles. The number of rotatable bonds is 11. The number of piperidine rings is 1. The molecule has 1 saturated heterocycles. The van der Waals surface area contributed by atoms with Crippen LogP contribution < -0.4 is 9.47 Å². The molecular formula is C32H39N2O8P. The average Bonchev–Trinajstić information content (AvgIpc) is 2.96. The molecule has 230 valence electrons. The summed E-state index contributed by atoms with van der Waals surface area (Å²) in [5.74, 6) is 0.0746. The van der Waals surface area contributed by atoms with E-state index in [0.717, 1.165) is 10.8 Å². The quantitative estimate of drug-likeness (QED) is 0.157. The molecule has 3 aromatic rings. The Balaban J connectivity index is 1.47. The summed E-state index contributed by atoms with van der Waals surface area (Å²) in [6.45, 7) is 10.3. The second-order valence-corrected chi connectivity index (χ2v) is 13.1. The molecule has 1 unspecified atom stereocenters. The molecule has 0 N–H and O–H groups in total. The van der Waals surface area contributed by atoms with Crippen LogP contribution in [0.4, 0.5) is 4.79 Å². The van der Waals surface area contributed by atoms with Crippen molar-refractivity contribution in [3.8, 4) is 17.6 Å². The number of carbonyl (C=O) groups excluding carboxylic acids is 1. The fourth-order valence-corrected chi connectivity index (χ4v) is 6.52. The van der Waals surface area contributed by atoms with Gasteiger partial charge in [-0.2, -0.15) is 5.26 Å². The van der Waals surface area contributed by atoms with Gasteiger partial charge < -0.3 is 28.1 Å². The molecule has 0 aliphatic carbocycles. The van der Waals surface area contributed by atoms with Gasteiger partial charge in [-0.3, -0.25) is 4.57 Å². The molecule has 0 radical (unpaired) electrons. The fraction of sp³-hybridized carbons (Fsp3) is 0.438. The summed E-state index contributed by atoms with van der Waals surface area (Å²) in [5, 5.41) is 12.7. The molecule has 0 aromatic heterocycles. The standard InChI is InChI=1S/C32H39N2O8P/c1-6-37-43(36,38-7-2)30(40-29-15-10-24-9-8-23(22-33)20-26(24)21-29)25-11-13-27(14-12-25)39-28-16-18-34(19-17-28)42-31(35)41-32(3,4)5/h8-15,20-21,28,30H,6-7,16-19H2,1-5H3. The van der Waals surface area contributed by atoms with Gasteiger partial charge in [0.25, 0.3) is 0 Å². The lowest BCUT2D eigenvalue weighted by molar-refractivity contribution is -0.158. The van der Waals surface area contributed by atoms with Gasteiger partial charge in [0.05, 0.1) is 24.8 Å². The van der Waals surface area contributed by atoms with Crippen molar-refractivity contribution in [3.05, 3.63) is 71.8 Å². The van der Waals surface area contributed by atoms with E-state index in [-0.39, 0.29) is 19.3 Å². The molecule has 11 heteroatoms. The predicted octanol–water partition coefficient (Wildman–Crippen LogP) is 7.77. The third-order valence-corrected chi connectivity index (χ3v) is 8.77. The first-order valence-electron chi connectivity index (χ1n) is 14.4. The van der Waals surface area contributed by atoms with Crippen molar-refractivity contribution >= 4 is 24.5 Å². The van der Waals surface area contributed by atoms with E-state index < -0.39 is 25.2 Å². The predicted molar refractivity (Wildman–Crippen MR) is 162 cm³/mol. The number of hydrogen-bond donors (Lipinski definition) is 0. The Labute approximate surface area is 252 Å². The monoisotopic (exact) mass is 610 g/mol. The van der Waals surface area contributed by atoms with Gasteiger partial charge in [0.2, 0.25) is 5.85 Å². The van der Waals surface area contributed by atoms with Crippen LogP contribution in [0.5, 0.6) is 11.5 Å². The van der Waals surface area contributed by atoms with E-state index in [1.165, 1.54) is 0 Å². The topological polar surface area (TPSA) is 117 Å². The average molecular weight is 611 g/mol. The summed E-state index contributed by atoms with van der Waals surface area (Å²) in [4.78, 5) is 17.3. The highest BCUT2D eigenvalue weighted by molar-refractivity contribution is 7.54. The summed E-state index contributed by atoms with van der Waals surface area (Å²) < 4.78 is 43.1. The minimum atomic E-state index is -3.75. The Bertz CT molecular complexity index is 1460. The van der Waals surface area contributed by atoms with Crippen molar-refractivity contribution in [1.29, 1.82) is 5.26 Å². The van der Waals surface area contributed by atoms with Crippen LogP contribution in [0.25, 0.3) is 10.8 Å². The number of nitriles is 1. The Morgan fingerprint density at radius 2 is 1.58 bits per heavy atom. The van der Waals surface area contributed by atoms with Crippen LogP contribution in [-0.4, -0.2) is 49.2 Å². The van der Waals surface area contributed by atoms with Crippen molar-refractivity contribution in [3.63, 3.8) is 0 Å². The first kappa shape index (κ1) is 32.3. The SMILES string of the molecule is CCOP(=O)(OCC)C(Oc1ccc2ccc(C#N)cc2c1)c1ccc(OC2CCN(OC(=O)OC(C)(C)C)CC2)cc1. The van der Waals surface area contributed by atoms with Gasteiger partial charge in [0.1, 0.15) is 23.2 Å². The third-order valence-electron chi connectivity index (χ3n) is 6.56. The molecule has 1 aliphatic heterocycles. The number of hydroxylamine groups is 2. The summed E-state index contributed by atoms with van der Waals surface area (Å²) in [6, 6.07) is 20.2. The van der Waals surface area contributed by atoms with E-state index in [4.69, 9.17) is 28.1 Å². The van der Waals surface area contributed by atoms with Crippen molar-refractivity contribution in [2.24, 2.45) is 0 Å². The Morgan fingerprint density at radius 3 is 2.19 bits per heavy atom. The van der Waals surface area contributed by atoms with E-state index >= 15 is 0 Å². The normalized spacial score (nSPS) is 15.4. The molecule has 10 nitrogen and oxygen atoms in total. The molecule has 0 amide bonds. The van der Waals surface area contributed by atoms with E-state index in [2.05, 4.69) is 6.07 Å². The van der Waals surface area contributed by atoms with Gasteiger partial charge in [-0.15, -0.1) is 5.06 Å². The molecule has 1 atom stereocenters. The summed E-state index contributed by atoms with van der Waals surface area (Å²) in [5.41, 5.74) is 0.516. The van der Waals surface area contributed by atoms with Crippen LogP contribution in [0.3, 0.4) is 0 Å². The summed E-state index contributed by atoms with van der Waals surface area (Å²) in [7, 11) is -3.75. The number of fused-ring (bicyclic) bond motifs is 1. The highest BCUT2D eigenvalue weighted by atomic mass is 31.2. The molecule has 0 spiro atoms. The zero-order valence-electron chi connectivity index (χ0n) is 25.3. The number of nitrogens with zero attached hydrogens (tertiary/aromatic N) is 2. The van der Waals surface area contributed by atoms with Crippen molar-refractivity contribution in [2.45, 2.75) is 65.0 Å². The van der Waals surface area contributed by atoms with Crippen LogP contribution in [-0.2, 0) is 23.2 Å². The van der Waals surface area contributed by atoms with E-state index in [1.54, 1.807) is 82.1 Å². The number of carbonyl (C=O) groups is 1. The van der Waals surface area contributed by atoms with Gasteiger partial charge in [-0.05, 0) is 81.8 Å². The first-order chi connectivity index (χ1) is 20.5. The Hall–Kier alpha value is -3.61. The summed E-state index contributed by atoms with van der Waals surface area (Å²) >= 11 is 0. The minimum absolute atomic E-state index is 0.0646.